The predicted molar refractivity (Wildman–Crippen MR) is 104 cm³/mol. The number of nitrogens with zero attached hydrogens (tertiary/aromatic N) is 2. The lowest BCUT2D eigenvalue weighted by molar-refractivity contribution is -0.154. The molecule has 2 aromatic heterocycles. The molecule has 2 aromatic rings. The first-order chi connectivity index (χ1) is 14.0. The van der Waals surface area contributed by atoms with E-state index in [2.05, 4.69) is 15.3 Å². The van der Waals surface area contributed by atoms with Crippen LogP contribution >= 0.6 is 0 Å². The summed E-state index contributed by atoms with van der Waals surface area (Å²) in [6.07, 6.45) is -2.52. The number of hydrogen-bond donors (Lipinski definition) is 1. The van der Waals surface area contributed by atoms with Gasteiger partial charge < -0.3 is 10.1 Å². The Morgan fingerprint density at radius 1 is 1.20 bits per heavy atom. The molecule has 1 N–H and O–H groups in total. The highest BCUT2D eigenvalue weighted by Gasteiger charge is 2.29. The van der Waals surface area contributed by atoms with E-state index in [-0.39, 0.29) is 24.0 Å². The standard InChI is InChI=1S/C21H24F3N3O3/c1-5-18(28)9-17-8-15(7-13(3)26-17)19(29)27-14(4)16-6-12(2)20(25-10-16)30-11-21(22,23)24/h6-8,10,14H,5,9,11H2,1-4H3,(H,27,29). The number of carbonyl (C=O) groups excluding carboxylic acids is 2. The fourth-order valence-electron chi connectivity index (χ4n) is 2.77. The minimum Gasteiger partial charge on any atom is -0.468 e. The summed E-state index contributed by atoms with van der Waals surface area (Å²) in [6.45, 7) is 5.41. The molecule has 162 valence electrons. The van der Waals surface area contributed by atoms with Gasteiger partial charge in [-0.05, 0) is 44.5 Å². The van der Waals surface area contributed by atoms with E-state index in [0.29, 0.717) is 34.5 Å². The Balaban J connectivity index is 2.10. The molecule has 0 aliphatic heterocycles. The van der Waals surface area contributed by atoms with E-state index in [1.807, 2.05) is 0 Å². The van der Waals surface area contributed by atoms with Crippen molar-refractivity contribution in [2.45, 2.75) is 52.8 Å². The lowest BCUT2D eigenvalue weighted by atomic mass is 10.1. The maximum atomic E-state index is 12.7. The predicted octanol–water partition coefficient (Wildman–Crippen LogP) is 4.05. The van der Waals surface area contributed by atoms with Crippen LogP contribution < -0.4 is 10.1 Å². The van der Waals surface area contributed by atoms with E-state index in [1.54, 1.807) is 45.9 Å². The Labute approximate surface area is 172 Å². The summed E-state index contributed by atoms with van der Waals surface area (Å²) in [4.78, 5) is 32.6. The zero-order valence-electron chi connectivity index (χ0n) is 17.3. The number of ketones is 1. The second-order valence-corrected chi connectivity index (χ2v) is 7.05. The number of carbonyl (C=O) groups is 2. The van der Waals surface area contributed by atoms with Gasteiger partial charge in [-0.2, -0.15) is 13.2 Å². The highest BCUT2D eigenvalue weighted by atomic mass is 19.4. The molecule has 9 heteroatoms. The summed E-state index contributed by atoms with van der Waals surface area (Å²) in [7, 11) is 0. The summed E-state index contributed by atoms with van der Waals surface area (Å²) in [5.41, 5.74) is 2.58. The van der Waals surface area contributed by atoms with Gasteiger partial charge in [-0.15, -0.1) is 0 Å². The van der Waals surface area contributed by atoms with Crippen molar-refractivity contribution in [2.75, 3.05) is 6.61 Å². The average Bonchev–Trinajstić information content (AvgIpc) is 2.65. The van der Waals surface area contributed by atoms with Gasteiger partial charge in [0.1, 0.15) is 5.78 Å². The van der Waals surface area contributed by atoms with Crippen molar-refractivity contribution in [1.29, 1.82) is 0 Å². The van der Waals surface area contributed by atoms with E-state index in [1.165, 1.54) is 6.20 Å². The molecule has 1 amide bonds. The first-order valence-electron chi connectivity index (χ1n) is 9.44. The number of nitrogens with one attached hydrogen (secondary N) is 1. The number of Topliss-reactive ketones (excluding diaryl/α,β-unsaturated/α-hetero) is 1. The summed E-state index contributed by atoms with van der Waals surface area (Å²) < 4.78 is 41.6. The number of aryl methyl sites for hydroxylation is 2. The maximum Gasteiger partial charge on any atom is 0.422 e. The molecule has 2 rings (SSSR count). The van der Waals surface area contributed by atoms with E-state index >= 15 is 0 Å². The SMILES string of the molecule is CCC(=O)Cc1cc(C(=O)NC(C)c2cnc(OCC(F)(F)F)c(C)c2)cc(C)n1. The number of alkyl halides is 3. The van der Waals surface area contributed by atoms with Crippen LogP contribution in [0.25, 0.3) is 0 Å². The zero-order valence-corrected chi connectivity index (χ0v) is 17.3. The second kappa shape index (κ2) is 9.69. The topological polar surface area (TPSA) is 81.2 Å². The average molecular weight is 423 g/mol. The summed E-state index contributed by atoms with van der Waals surface area (Å²) in [5.74, 6) is -0.431. The van der Waals surface area contributed by atoms with Gasteiger partial charge in [0.25, 0.3) is 5.91 Å². The van der Waals surface area contributed by atoms with Crippen LogP contribution in [0.4, 0.5) is 13.2 Å². The molecule has 0 aliphatic carbocycles. The first-order valence-corrected chi connectivity index (χ1v) is 9.44. The molecule has 1 unspecified atom stereocenters. The van der Waals surface area contributed by atoms with Crippen molar-refractivity contribution in [3.63, 3.8) is 0 Å². The van der Waals surface area contributed by atoms with Gasteiger partial charge in [0.15, 0.2) is 6.61 Å². The zero-order chi connectivity index (χ0) is 22.5. The van der Waals surface area contributed by atoms with E-state index in [9.17, 15) is 22.8 Å². The van der Waals surface area contributed by atoms with E-state index in [4.69, 9.17) is 4.74 Å². The maximum absolute atomic E-state index is 12.7. The molecule has 0 aliphatic rings. The Morgan fingerprint density at radius 2 is 1.90 bits per heavy atom. The molecule has 0 bridgehead atoms. The monoisotopic (exact) mass is 423 g/mol. The number of ether oxygens (including phenoxy) is 1. The quantitative estimate of drug-likeness (QED) is 0.693. The van der Waals surface area contributed by atoms with Crippen molar-refractivity contribution in [2.24, 2.45) is 0 Å². The lowest BCUT2D eigenvalue weighted by Crippen LogP contribution is -2.27. The Bertz CT molecular complexity index is 929. The van der Waals surface area contributed by atoms with Crippen LogP contribution in [0.2, 0.25) is 0 Å². The number of aromatic nitrogens is 2. The highest BCUT2D eigenvalue weighted by molar-refractivity contribution is 5.95. The molecular formula is C21H24F3N3O3. The van der Waals surface area contributed by atoms with Crippen LogP contribution in [0.5, 0.6) is 5.88 Å². The molecule has 6 nitrogen and oxygen atoms in total. The van der Waals surface area contributed by atoms with Crippen molar-refractivity contribution < 1.29 is 27.5 Å². The van der Waals surface area contributed by atoms with Crippen LogP contribution in [-0.4, -0.2) is 34.4 Å². The summed E-state index contributed by atoms with van der Waals surface area (Å²) >= 11 is 0. The van der Waals surface area contributed by atoms with E-state index in [0.717, 1.165) is 0 Å². The number of pyridine rings is 2. The molecule has 0 radical (unpaired) electrons. The first kappa shape index (κ1) is 23.3. The van der Waals surface area contributed by atoms with Gasteiger partial charge in [-0.25, -0.2) is 4.98 Å². The van der Waals surface area contributed by atoms with Crippen LogP contribution in [0, 0.1) is 13.8 Å². The smallest absolute Gasteiger partial charge is 0.422 e. The van der Waals surface area contributed by atoms with Gasteiger partial charge in [0, 0.05) is 41.6 Å². The Morgan fingerprint density at radius 3 is 2.50 bits per heavy atom. The van der Waals surface area contributed by atoms with Crippen molar-refractivity contribution in [3.8, 4) is 5.88 Å². The number of amides is 1. The Hall–Kier alpha value is -2.97. The molecule has 30 heavy (non-hydrogen) atoms. The summed E-state index contributed by atoms with van der Waals surface area (Å²) in [5, 5.41) is 2.82. The van der Waals surface area contributed by atoms with Gasteiger partial charge in [0.05, 0.1) is 6.04 Å². The molecule has 0 aromatic carbocycles. The van der Waals surface area contributed by atoms with Crippen LogP contribution in [0.3, 0.4) is 0 Å². The molecule has 2 heterocycles. The fraction of sp³-hybridized carbons (Fsp3) is 0.429. The second-order valence-electron chi connectivity index (χ2n) is 7.05. The number of rotatable bonds is 8. The summed E-state index contributed by atoms with van der Waals surface area (Å²) in [6, 6.07) is 4.38. The third kappa shape index (κ3) is 6.82. The van der Waals surface area contributed by atoms with Crippen LogP contribution in [-0.2, 0) is 11.2 Å². The third-order valence-corrected chi connectivity index (χ3v) is 4.31. The number of halogens is 3. The molecule has 0 saturated carbocycles. The fourth-order valence-corrected chi connectivity index (χ4v) is 2.77. The minimum absolute atomic E-state index is 0.0298. The van der Waals surface area contributed by atoms with Crippen LogP contribution in [0.1, 0.15) is 59.2 Å². The molecular weight excluding hydrogens is 399 g/mol. The number of hydrogen-bond acceptors (Lipinski definition) is 5. The Kier molecular flexibility index (Phi) is 7.53. The third-order valence-electron chi connectivity index (χ3n) is 4.31. The molecule has 0 fully saturated rings. The van der Waals surface area contributed by atoms with Crippen molar-refractivity contribution in [3.05, 3.63) is 52.5 Å². The van der Waals surface area contributed by atoms with Gasteiger partial charge in [-0.1, -0.05) is 6.92 Å². The highest BCUT2D eigenvalue weighted by Crippen LogP contribution is 2.23. The van der Waals surface area contributed by atoms with Crippen molar-refractivity contribution >= 4 is 11.7 Å². The van der Waals surface area contributed by atoms with E-state index < -0.39 is 18.8 Å². The largest absolute Gasteiger partial charge is 0.468 e. The van der Waals surface area contributed by atoms with Crippen molar-refractivity contribution in [1.82, 2.24) is 15.3 Å². The van der Waals surface area contributed by atoms with Gasteiger partial charge >= 0.3 is 6.18 Å². The minimum atomic E-state index is -4.45. The van der Waals surface area contributed by atoms with Gasteiger partial charge in [0.2, 0.25) is 5.88 Å². The normalized spacial score (nSPS) is 12.4. The molecule has 0 saturated heterocycles. The van der Waals surface area contributed by atoms with Crippen LogP contribution in [0.15, 0.2) is 24.4 Å². The molecule has 1 atom stereocenters. The van der Waals surface area contributed by atoms with Gasteiger partial charge in [-0.3, -0.25) is 14.6 Å². The molecule has 0 spiro atoms. The lowest BCUT2D eigenvalue weighted by Gasteiger charge is -2.17.